The largest absolute Gasteiger partial charge is 0.423 e. The highest BCUT2D eigenvalue weighted by molar-refractivity contribution is 7.80. The summed E-state index contributed by atoms with van der Waals surface area (Å²) in [6.07, 6.45) is 23.2. The molecular weight excluding hydrogens is 408 g/mol. The van der Waals surface area contributed by atoms with Gasteiger partial charge in [0.25, 0.3) is 0 Å². The van der Waals surface area contributed by atoms with Gasteiger partial charge in [0, 0.05) is 19.8 Å². The van der Waals surface area contributed by atoms with E-state index in [-0.39, 0.29) is 0 Å². The average molecular weight is 457 g/mol. The van der Waals surface area contributed by atoms with E-state index in [1.807, 2.05) is 13.8 Å². The van der Waals surface area contributed by atoms with Crippen LogP contribution in [0, 0.1) is 0 Å². The van der Waals surface area contributed by atoms with Crippen molar-refractivity contribution < 1.29 is 32.4 Å². The first-order valence-electron chi connectivity index (χ1n) is 11.5. The normalized spacial score (nSPS) is 11.0. The van der Waals surface area contributed by atoms with E-state index in [0.29, 0.717) is 6.61 Å². The second-order valence-electron chi connectivity index (χ2n) is 6.95. The van der Waals surface area contributed by atoms with Gasteiger partial charge in [-0.1, -0.05) is 81.2 Å². The Labute approximate surface area is 185 Å². The molecule has 0 aliphatic rings. The van der Waals surface area contributed by atoms with Crippen LogP contribution < -0.4 is 0 Å². The third kappa shape index (κ3) is 45.9. The quantitative estimate of drug-likeness (QED) is 0.0725. The van der Waals surface area contributed by atoms with Gasteiger partial charge in [-0.25, -0.2) is 5.26 Å². The van der Waals surface area contributed by atoms with Crippen LogP contribution in [-0.2, 0) is 19.5 Å². The molecule has 0 saturated heterocycles. The molecule has 0 aromatic rings. The highest BCUT2D eigenvalue weighted by Gasteiger charge is 1.97. The molecule has 0 rings (SSSR count). The number of hydrogen-bond donors (Lipinski definition) is 3. The van der Waals surface area contributed by atoms with E-state index >= 15 is 0 Å². The summed E-state index contributed by atoms with van der Waals surface area (Å²) in [5, 5.41) is 15.7. The Bertz CT molecular complexity index is 410. The SMILES string of the molecule is CCCCCCCC/C=C\CCCCCCCCO.CCOCC.O=S(=O)(O)OO. The number of unbranched alkanes of at least 4 members (excludes halogenated alkanes) is 12. The van der Waals surface area contributed by atoms with Crippen molar-refractivity contribution in [2.75, 3.05) is 19.8 Å². The van der Waals surface area contributed by atoms with Crippen LogP contribution in [0.25, 0.3) is 0 Å². The maximum Gasteiger partial charge on any atom is 0.423 e. The van der Waals surface area contributed by atoms with E-state index < -0.39 is 10.4 Å². The fraction of sp³-hybridized carbons (Fsp3) is 0.909. The van der Waals surface area contributed by atoms with Crippen LogP contribution in [0.15, 0.2) is 12.2 Å². The van der Waals surface area contributed by atoms with Gasteiger partial charge in [0.05, 0.1) is 0 Å². The zero-order chi connectivity index (χ0) is 23.3. The van der Waals surface area contributed by atoms with Crippen LogP contribution in [0.4, 0.5) is 0 Å². The molecule has 0 aliphatic carbocycles. The fourth-order valence-corrected chi connectivity index (χ4v) is 2.56. The Morgan fingerprint density at radius 1 is 0.700 bits per heavy atom. The molecule has 0 heterocycles. The van der Waals surface area contributed by atoms with Crippen LogP contribution >= 0.6 is 0 Å². The van der Waals surface area contributed by atoms with Crippen molar-refractivity contribution in [1.82, 2.24) is 0 Å². The topological polar surface area (TPSA) is 113 Å². The van der Waals surface area contributed by atoms with Gasteiger partial charge in [-0.3, -0.25) is 4.55 Å². The minimum absolute atomic E-state index is 0.362. The molecule has 0 bridgehead atoms. The van der Waals surface area contributed by atoms with Gasteiger partial charge >= 0.3 is 10.4 Å². The van der Waals surface area contributed by atoms with Gasteiger partial charge in [-0.2, -0.15) is 8.42 Å². The van der Waals surface area contributed by atoms with E-state index in [0.717, 1.165) is 19.6 Å². The molecule has 0 aliphatic heterocycles. The predicted molar refractivity (Wildman–Crippen MR) is 124 cm³/mol. The molecular formula is C22H48O7S. The molecule has 30 heavy (non-hydrogen) atoms. The molecule has 0 radical (unpaired) electrons. The van der Waals surface area contributed by atoms with Crippen molar-refractivity contribution in [2.45, 2.75) is 111 Å². The minimum Gasteiger partial charge on any atom is -0.396 e. The second kappa shape index (κ2) is 30.7. The predicted octanol–water partition coefficient (Wildman–Crippen LogP) is 6.34. The summed E-state index contributed by atoms with van der Waals surface area (Å²) >= 11 is 0. The van der Waals surface area contributed by atoms with E-state index in [4.69, 9.17) is 28.1 Å². The maximum atomic E-state index is 9.08. The summed E-state index contributed by atoms with van der Waals surface area (Å²) in [5.41, 5.74) is 0. The van der Waals surface area contributed by atoms with Gasteiger partial charge in [-0.05, 0) is 46.0 Å². The Kier molecular flexibility index (Phi) is 34.9. The van der Waals surface area contributed by atoms with Crippen molar-refractivity contribution in [3.05, 3.63) is 12.2 Å². The Morgan fingerprint density at radius 2 is 1.07 bits per heavy atom. The number of hydrogen-bond acceptors (Lipinski definition) is 6. The van der Waals surface area contributed by atoms with Crippen molar-refractivity contribution >= 4 is 10.4 Å². The Morgan fingerprint density at radius 3 is 1.37 bits per heavy atom. The lowest BCUT2D eigenvalue weighted by Gasteiger charge is -1.99. The number of rotatable bonds is 18. The number of aliphatic hydroxyl groups is 1. The molecule has 0 fully saturated rings. The summed E-state index contributed by atoms with van der Waals surface area (Å²) in [7, 11) is -4.61. The lowest BCUT2D eigenvalue weighted by molar-refractivity contribution is -0.139. The van der Waals surface area contributed by atoms with Gasteiger partial charge in [0.2, 0.25) is 0 Å². The van der Waals surface area contributed by atoms with Crippen LogP contribution in [0.2, 0.25) is 0 Å². The first-order valence-corrected chi connectivity index (χ1v) is 12.9. The second-order valence-corrected chi connectivity index (χ2v) is 7.95. The van der Waals surface area contributed by atoms with Crippen LogP contribution in [0.5, 0.6) is 0 Å². The van der Waals surface area contributed by atoms with Gasteiger partial charge in [0.1, 0.15) is 0 Å². The van der Waals surface area contributed by atoms with Gasteiger partial charge in [0.15, 0.2) is 0 Å². The van der Waals surface area contributed by atoms with Gasteiger partial charge < -0.3 is 9.84 Å². The third-order valence-electron chi connectivity index (χ3n) is 4.17. The van der Waals surface area contributed by atoms with E-state index in [1.165, 1.54) is 83.5 Å². The summed E-state index contributed by atoms with van der Waals surface area (Å²) < 4.78 is 32.8. The molecule has 0 unspecified atom stereocenters. The Balaban J connectivity index is -0.000000541. The first kappa shape index (κ1) is 34.1. The van der Waals surface area contributed by atoms with Crippen LogP contribution in [0.1, 0.15) is 111 Å². The molecule has 0 aromatic heterocycles. The van der Waals surface area contributed by atoms with E-state index in [9.17, 15) is 0 Å². The standard InChI is InChI=1S/C18H36O.C4H10O.H2O5S/c1-2-3-4-5-6-7-8-9-10-11-12-13-14-15-16-17-18-19;1-3-5-4-2;1-5-6(2,3)4/h9-10,19H,2-8,11-18H2,1H3;3-4H2,1-2H3;1H,(H,2,3,4)/b10-9-;;. The zero-order valence-corrected chi connectivity index (χ0v) is 20.4. The third-order valence-corrected chi connectivity index (χ3v) is 4.36. The van der Waals surface area contributed by atoms with Crippen LogP contribution in [-0.4, -0.2) is 43.2 Å². The van der Waals surface area contributed by atoms with E-state index in [2.05, 4.69) is 23.4 Å². The molecule has 184 valence electrons. The highest BCUT2D eigenvalue weighted by Crippen LogP contribution is 2.09. The maximum absolute atomic E-state index is 9.08. The molecule has 0 atom stereocenters. The number of allylic oxidation sites excluding steroid dienone is 2. The van der Waals surface area contributed by atoms with Crippen molar-refractivity contribution in [3.8, 4) is 0 Å². The average Bonchev–Trinajstić information content (AvgIpc) is 2.72. The summed E-state index contributed by atoms with van der Waals surface area (Å²) in [6.45, 7) is 8.30. The molecule has 8 heteroatoms. The molecule has 7 nitrogen and oxygen atoms in total. The smallest absolute Gasteiger partial charge is 0.396 e. The number of ether oxygens (including phenoxy) is 1. The lowest BCUT2D eigenvalue weighted by atomic mass is 10.1. The van der Waals surface area contributed by atoms with Crippen LogP contribution in [0.3, 0.4) is 0 Å². The van der Waals surface area contributed by atoms with Crippen molar-refractivity contribution in [2.24, 2.45) is 0 Å². The monoisotopic (exact) mass is 456 g/mol. The summed E-state index contributed by atoms with van der Waals surface area (Å²) in [4.78, 5) is 0. The summed E-state index contributed by atoms with van der Waals surface area (Å²) in [6, 6.07) is 0. The fourth-order valence-electron chi connectivity index (χ4n) is 2.56. The van der Waals surface area contributed by atoms with E-state index in [1.54, 1.807) is 0 Å². The molecule has 0 saturated carbocycles. The zero-order valence-electron chi connectivity index (χ0n) is 19.6. The summed E-state index contributed by atoms with van der Waals surface area (Å²) in [5.74, 6) is 0. The van der Waals surface area contributed by atoms with Gasteiger partial charge in [-0.15, -0.1) is 0 Å². The minimum atomic E-state index is -4.61. The molecule has 3 N–H and O–H groups in total. The number of aliphatic hydroxyl groups excluding tert-OH is 1. The highest BCUT2D eigenvalue weighted by atomic mass is 32.3. The van der Waals surface area contributed by atoms with Crippen molar-refractivity contribution in [3.63, 3.8) is 0 Å². The first-order chi connectivity index (χ1) is 14.4. The molecule has 0 aromatic carbocycles. The van der Waals surface area contributed by atoms with Crippen molar-refractivity contribution in [1.29, 1.82) is 0 Å². The molecule has 0 amide bonds. The molecule has 0 spiro atoms. The lowest BCUT2D eigenvalue weighted by Crippen LogP contribution is -1.97. The Hall–Kier alpha value is -0.510.